The molecule has 17 heavy (non-hydrogen) atoms. The zero-order chi connectivity index (χ0) is 12.4. The highest BCUT2D eigenvalue weighted by atomic mass is 79.9. The fourth-order valence-electron chi connectivity index (χ4n) is 1.55. The smallest absolute Gasteiger partial charge is 0.337 e. The first-order valence-corrected chi connectivity index (χ1v) is 5.90. The van der Waals surface area contributed by atoms with E-state index in [2.05, 4.69) is 20.9 Å². The summed E-state index contributed by atoms with van der Waals surface area (Å²) in [5, 5.41) is 8.99. The van der Waals surface area contributed by atoms with E-state index in [1.54, 1.807) is 24.3 Å². The van der Waals surface area contributed by atoms with Crippen molar-refractivity contribution in [1.82, 2.24) is 4.98 Å². The predicted molar refractivity (Wildman–Crippen MR) is 66.0 cm³/mol. The van der Waals surface area contributed by atoms with Crippen molar-refractivity contribution in [2.24, 2.45) is 0 Å². The molecule has 5 heteroatoms. The maximum absolute atomic E-state index is 11.0. The van der Waals surface area contributed by atoms with Crippen LogP contribution in [0.15, 0.2) is 33.4 Å². The molecule has 0 fully saturated rings. The lowest BCUT2D eigenvalue weighted by Crippen LogP contribution is -2.04. The molecule has 2 aromatic heterocycles. The van der Waals surface area contributed by atoms with Crippen molar-refractivity contribution in [3.05, 3.63) is 40.2 Å². The molecule has 4 nitrogen and oxygen atoms in total. The number of carboxylic acid groups (broad SMARTS) is 1. The fourth-order valence-corrected chi connectivity index (χ4v) is 1.86. The second kappa shape index (κ2) is 4.71. The number of aromatic carboxylic acids is 1. The van der Waals surface area contributed by atoms with Crippen LogP contribution in [0.3, 0.4) is 0 Å². The third kappa shape index (κ3) is 2.39. The second-order valence-electron chi connectivity index (χ2n) is 3.45. The SMILES string of the molecule is CCc1nc(-c2ccc(Br)o2)ccc1C(=O)O. The highest BCUT2D eigenvalue weighted by Gasteiger charge is 2.13. The Morgan fingerprint density at radius 2 is 2.18 bits per heavy atom. The van der Waals surface area contributed by atoms with Crippen LogP contribution in [0.4, 0.5) is 0 Å². The fraction of sp³-hybridized carbons (Fsp3) is 0.167. The van der Waals surface area contributed by atoms with Crippen molar-refractivity contribution in [3.8, 4) is 11.5 Å². The maximum Gasteiger partial charge on any atom is 0.337 e. The standard InChI is InChI=1S/C12H10BrNO3/c1-2-8-7(12(15)16)3-4-9(14-8)10-5-6-11(13)17-10/h3-6H,2H2,1H3,(H,15,16). The van der Waals surface area contributed by atoms with Crippen LogP contribution in [0.2, 0.25) is 0 Å². The van der Waals surface area contributed by atoms with E-state index >= 15 is 0 Å². The Morgan fingerprint density at radius 1 is 1.41 bits per heavy atom. The van der Waals surface area contributed by atoms with Crippen LogP contribution < -0.4 is 0 Å². The maximum atomic E-state index is 11.0. The van der Waals surface area contributed by atoms with Crippen molar-refractivity contribution in [3.63, 3.8) is 0 Å². The average molecular weight is 296 g/mol. The minimum atomic E-state index is -0.957. The molecule has 0 radical (unpaired) electrons. The van der Waals surface area contributed by atoms with Crippen LogP contribution in [-0.4, -0.2) is 16.1 Å². The highest BCUT2D eigenvalue weighted by molar-refractivity contribution is 9.10. The molecule has 0 saturated carbocycles. The van der Waals surface area contributed by atoms with E-state index in [9.17, 15) is 4.79 Å². The molecule has 0 bridgehead atoms. The van der Waals surface area contributed by atoms with Gasteiger partial charge in [-0.25, -0.2) is 9.78 Å². The third-order valence-corrected chi connectivity index (χ3v) is 2.79. The Labute approximate surface area is 106 Å². The van der Waals surface area contributed by atoms with Gasteiger partial charge in [0.2, 0.25) is 0 Å². The molecule has 0 aliphatic heterocycles. The first-order chi connectivity index (χ1) is 8.11. The van der Waals surface area contributed by atoms with Gasteiger partial charge in [0, 0.05) is 0 Å². The number of rotatable bonds is 3. The predicted octanol–water partition coefficient (Wildman–Crippen LogP) is 3.36. The Bertz CT molecular complexity index is 563. The number of hydrogen-bond acceptors (Lipinski definition) is 3. The van der Waals surface area contributed by atoms with E-state index in [1.807, 2.05) is 6.92 Å². The Kier molecular flexibility index (Phi) is 3.28. The van der Waals surface area contributed by atoms with Gasteiger partial charge in [0.15, 0.2) is 10.4 Å². The van der Waals surface area contributed by atoms with Crippen LogP contribution in [0.25, 0.3) is 11.5 Å². The largest absolute Gasteiger partial charge is 0.478 e. The first-order valence-electron chi connectivity index (χ1n) is 5.10. The molecule has 0 aliphatic rings. The Morgan fingerprint density at radius 3 is 2.71 bits per heavy atom. The van der Waals surface area contributed by atoms with Gasteiger partial charge in [-0.15, -0.1) is 0 Å². The van der Waals surface area contributed by atoms with Crippen LogP contribution in [0.1, 0.15) is 23.0 Å². The topological polar surface area (TPSA) is 63.3 Å². The minimum absolute atomic E-state index is 0.238. The summed E-state index contributed by atoms with van der Waals surface area (Å²) in [4.78, 5) is 15.3. The van der Waals surface area contributed by atoms with Gasteiger partial charge in [-0.1, -0.05) is 6.92 Å². The van der Waals surface area contributed by atoms with Gasteiger partial charge in [0.25, 0.3) is 0 Å². The normalized spacial score (nSPS) is 10.5. The molecule has 0 saturated heterocycles. The Hall–Kier alpha value is -1.62. The molecular formula is C12H10BrNO3. The average Bonchev–Trinajstić information content (AvgIpc) is 2.75. The zero-order valence-corrected chi connectivity index (χ0v) is 10.7. The van der Waals surface area contributed by atoms with Gasteiger partial charge in [-0.3, -0.25) is 0 Å². The van der Waals surface area contributed by atoms with Crippen LogP contribution in [0.5, 0.6) is 0 Å². The van der Waals surface area contributed by atoms with Crippen molar-refractivity contribution >= 4 is 21.9 Å². The van der Waals surface area contributed by atoms with Crippen molar-refractivity contribution < 1.29 is 14.3 Å². The van der Waals surface area contributed by atoms with Crippen molar-refractivity contribution in [1.29, 1.82) is 0 Å². The summed E-state index contributed by atoms with van der Waals surface area (Å²) in [6, 6.07) is 6.76. The van der Waals surface area contributed by atoms with E-state index in [-0.39, 0.29) is 5.56 Å². The van der Waals surface area contributed by atoms with E-state index in [0.717, 1.165) is 0 Å². The van der Waals surface area contributed by atoms with Gasteiger partial charge in [-0.2, -0.15) is 0 Å². The van der Waals surface area contributed by atoms with Crippen LogP contribution in [0, 0.1) is 0 Å². The highest BCUT2D eigenvalue weighted by Crippen LogP contribution is 2.24. The number of hydrogen-bond donors (Lipinski definition) is 1. The lowest BCUT2D eigenvalue weighted by Gasteiger charge is -2.04. The molecular weight excluding hydrogens is 286 g/mol. The third-order valence-electron chi connectivity index (χ3n) is 2.37. The molecule has 88 valence electrons. The number of aryl methyl sites for hydroxylation is 1. The van der Waals surface area contributed by atoms with Gasteiger partial charge >= 0.3 is 5.97 Å². The van der Waals surface area contributed by atoms with Gasteiger partial charge in [-0.05, 0) is 46.6 Å². The van der Waals surface area contributed by atoms with Crippen molar-refractivity contribution in [2.45, 2.75) is 13.3 Å². The number of halogens is 1. The van der Waals surface area contributed by atoms with E-state index in [4.69, 9.17) is 9.52 Å². The first kappa shape index (κ1) is 11.9. The molecule has 0 aliphatic carbocycles. The summed E-state index contributed by atoms with van der Waals surface area (Å²) < 4.78 is 6.00. The lowest BCUT2D eigenvalue weighted by molar-refractivity contribution is 0.0695. The summed E-state index contributed by atoms with van der Waals surface area (Å²) in [6.07, 6.45) is 0.567. The Balaban J connectivity index is 2.48. The summed E-state index contributed by atoms with van der Waals surface area (Å²) in [5.41, 5.74) is 1.43. The summed E-state index contributed by atoms with van der Waals surface area (Å²) >= 11 is 3.21. The summed E-state index contributed by atoms with van der Waals surface area (Å²) in [7, 11) is 0. The summed E-state index contributed by atoms with van der Waals surface area (Å²) in [5.74, 6) is -0.343. The van der Waals surface area contributed by atoms with E-state index in [0.29, 0.717) is 28.2 Å². The van der Waals surface area contributed by atoms with E-state index < -0.39 is 5.97 Å². The number of aromatic nitrogens is 1. The van der Waals surface area contributed by atoms with Crippen LogP contribution in [-0.2, 0) is 6.42 Å². The molecule has 1 N–H and O–H groups in total. The van der Waals surface area contributed by atoms with Crippen LogP contribution >= 0.6 is 15.9 Å². The van der Waals surface area contributed by atoms with E-state index in [1.165, 1.54) is 0 Å². The lowest BCUT2D eigenvalue weighted by atomic mass is 10.1. The number of carboxylic acids is 1. The molecule has 2 rings (SSSR count). The van der Waals surface area contributed by atoms with Gasteiger partial charge in [0.1, 0.15) is 5.69 Å². The van der Waals surface area contributed by atoms with Gasteiger partial charge in [0.05, 0.1) is 11.3 Å². The molecule has 0 spiro atoms. The molecule has 0 unspecified atom stereocenters. The van der Waals surface area contributed by atoms with Crippen molar-refractivity contribution in [2.75, 3.05) is 0 Å². The molecule has 2 aromatic rings. The second-order valence-corrected chi connectivity index (χ2v) is 4.23. The number of furan rings is 1. The number of nitrogens with zero attached hydrogens (tertiary/aromatic N) is 1. The molecule has 2 heterocycles. The quantitative estimate of drug-likeness (QED) is 0.943. The van der Waals surface area contributed by atoms with Gasteiger partial charge < -0.3 is 9.52 Å². The number of pyridine rings is 1. The summed E-state index contributed by atoms with van der Waals surface area (Å²) in [6.45, 7) is 1.87. The zero-order valence-electron chi connectivity index (χ0n) is 9.11. The minimum Gasteiger partial charge on any atom is -0.478 e. The monoisotopic (exact) mass is 295 g/mol. The molecule has 0 atom stereocenters. The number of carbonyl (C=O) groups is 1. The molecule has 0 amide bonds. The molecule has 0 aromatic carbocycles.